The van der Waals surface area contributed by atoms with Gasteiger partial charge >= 0.3 is 6.09 Å². The van der Waals surface area contributed by atoms with Crippen molar-refractivity contribution in [2.75, 3.05) is 23.9 Å². The largest absolute Gasteiger partial charge is 0.491 e. The van der Waals surface area contributed by atoms with Crippen molar-refractivity contribution in [3.8, 4) is 5.75 Å². The number of anilines is 3. The Bertz CT molecular complexity index is 1490. The Morgan fingerprint density at radius 1 is 1.22 bits per heavy atom. The van der Waals surface area contributed by atoms with Gasteiger partial charge in [0, 0.05) is 30.4 Å². The molecule has 0 unspecified atom stereocenters. The van der Waals surface area contributed by atoms with Crippen LogP contribution in [0.1, 0.15) is 38.2 Å². The Morgan fingerprint density at radius 3 is 2.81 bits per heavy atom. The summed E-state index contributed by atoms with van der Waals surface area (Å²) in [6.07, 6.45) is 2.56. The minimum atomic E-state index is -0.682. The van der Waals surface area contributed by atoms with Crippen molar-refractivity contribution in [2.24, 2.45) is 0 Å². The molecule has 3 aromatic heterocycles. The molecule has 36 heavy (non-hydrogen) atoms. The Balaban J connectivity index is 1.67. The fourth-order valence-electron chi connectivity index (χ4n) is 3.87. The second-order valence-corrected chi connectivity index (χ2v) is 9.68. The first-order chi connectivity index (χ1) is 17.1. The van der Waals surface area contributed by atoms with E-state index in [-0.39, 0.29) is 24.2 Å². The van der Waals surface area contributed by atoms with Crippen molar-refractivity contribution >= 4 is 45.7 Å². The average Bonchev–Trinajstić information content (AvgIpc) is 3.24. The van der Waals surface area contributed by atoms with Gasteiger partial charge in [-0.1, -0.05) is 0 Å². The highest BCUT2D eigenvalue weighted by Crippen LogP contribution is 2.30. The van der Waals surface area contributed by atoms with E-state index in [1.807, 2.05) is 25.1 Å². The molecule has 4 heterocycles. The second-order valence-electron chi connectivity index (χ2n) is 9.68. The predicted octanol–water partition coefficient (Wildman–Crippen LogP) is 3.90. The van der Waals surface area contributed by atoms with Crippen molar-refractivity contribution in [2.45, 2.75) is 39.3 Å². The zero-order valence-corrected chi connectivity index (χ0v) is 20.7. The average molecular weight is 490 g/mol. The van der Waals surface area contributed by atoms with Crippen LogP contribution >= 0.6 is 0 Å². The molecule has 0 radical (unpaired) electrons. The Morgan fingerprint density at radius 2 is 2.03 bits per heavy atom. The van der Waals surface area contributed by atoms with Crippen LogP contribution in [0.15, 0.2) is 42.7 Å². The Hall–Kier alpha value is -4.41. The number of rotatable bonds is 1. The summed E-state index contributed by atoms with van der Waals surface area (Å²) >= 11 is 0. The van der Waals surface area contributed by atoms with Gasteiger partial charge in [-0.3, -0.25) is 14.7 Å². The minimum absolute atomic E-state index is 0.219. The van der Waals surface area contributed by atoms with Crippen LogP contribution in [-0.2, 0) is 4.74 Å². The van der Waals surface area contributed by atoms with Crippen molar-refractivity contribution in [1.82, 2.24) is 24.9 Å². The topological polar surface area (TPSA) is 123 Å². The molecule has 0 fully saturated rings. The predicted molar refractivity (Wildman–Crippen MR) is 135 cm³/mol. The third-order valence-corrected chi connectivity index (χ3v) is 5.55. The zero-order chi connectivity index (χ0) is 25.6. The third-order valence-electron chi connectivity index (χ3n) is 5.55. The molecule has 11 heteroatoms. The molecule has 0 aliphatic carbocycles. The number of benzene rings is 1. The minimum Gasteiger partial charge on any atom is -0.491 e. The number of nitrogens with zero attached hydrogens (tertiary/aromatic N) is 5. The van der Waals surface area contributed by atoms with E-state index in [4.69, 9.17) is 9.47 Å². The monoisotopic (exact) mass is 489 g/mol. The summed E-state index contributed by atoms with van der Waals surface area (Å²) in [5.74, 6) is 0.681. The van der Waals surface area contributed by atoms with Gasteiger partial charge in [-0.15, -0.1) is 5.10 Å². The number of aromatic nitrogens is 4. The van der Waals surface area contributed by atoms with Crippen LogP contribution in [-0.4, -0.2) is 56.9 Å². The highest BCUT2D eigenvalue weighted by atomic mass is 16.6. The van der Waals surface area contributed by atoms with Crippen LogP contribution in [0.3, 0.4) is 0 Å². The maximum atomic E-state index is 13.1. The van der Waals surface area contributed by atoms with E-state index in [0.29, 0.717) is 22.9 Å². The molecule has 1 aliphatic heterocycles. The van der Waals surface area contributed by atoms with Crippen molar-refractivity contribution in [1.29, 1.82) is 0 Å². The van der Waals surface area contributed by atoms with Crippen molar-refractivity contribution in [3.63, 3.8) is 0 Å². The molecule has 0 saturated carbocycles. The SMILES string of the molecule is C[C@@H]1COc2ccnc3ccc(cc23)Nc2cc(N(C)C(=O)OC(C)(C)C)c3ncc(n3n2)C(=O)N1. The lowest BCUT2D eigenvalue weighted by atomic mass is 10.2. The highest BCUT2D eigenvalue weighted by Gasteiger charge is 2.26. The number of imidazole rings is 1. The van der Waals surface area contributed by atoms with E-state index in [1.165, 1.54) is 15.6 Å². The van der Waals surface area contributed by atoms with E-state index in [1.54, 1.807) is 46.1 Å². The molecule has 1 atom stereocenters. The van der Waals surface area contributed by atoms with Gasteiger partial charge < -0.3 is 20.1 Å². The van der Waals surface area contributed by atoms with Gasteiger partial charge in [-0.2, -0.15) is 0 Å². The fraction of sp³-hybridized carbons (Fsp3) is 0.320. The van der Waals surface area contributed by atoms with Crippen LogP contribution in [0, 0.1) is 0 Å². The normalized spacial score (nSPS) is 15.8. The van der Waals surface area contributed by atoms with Gasteiger partial charge in [0.05, 0.1) is 23.4 Å². The summed E-state index contributed by atoms with van der Waals surface area (Å²) in [4.78, 5) is 36.2. The van der Waals surface area contributed by atoms with Crippen LogP contribution < -0.4 is 20.3 Å². The molecule has 2 N–H and O–H groups in total. The molecule has 4 bridgehead atoms. The first kappa shape index (κ1) is 23.3. The Kier molecular flexibility index (Phi) is 5.62. The molecular weight excluding hydrogens is 462 g/mol. The molecule has 2 amide bonds. The summed E-state index contributed by atoms with van der Waals surface area (Å²) in [6, 6.07) is 8.86. The van der Waals surface area contributed by atoms with Gasteiger partial charge in [-0.05, 0) is 52.0 Å². The van der Waals surface area contributed by atoms with Gasteiger partial charge in [0.25, 0.3) is 5.91 Å². The van der Waals surface area contributed by atoms with Crippen LogP contribution in [0.4, 0.5) is 22.0 Å². The summed E-state index contributed by atoms with van der Waals surface area (Å²) in [5, 5.41) is 11.6. The Labute approximate surface area is 207 Å². The molecule has 0 saturated heterocycles. The van der Waals surface area contributed by atoms with Gasteiger partial charge in [0.15, 0.2) is 17.2 Å². The molecule has 186 valence electrons. The second kappa shape index (κ2) is 8.67. The van der Waals surface area contributed by atoms with Crippen LogP contribution in [0.2, 0.25) is 0 Å². The summed E-state index contributed by atoms with van der Waals surface area (Å²) in [5.41, 5.74) is 1.80. The zero-order valence-electron chi connectivity index (χ0n) is 20.7. The lowest BCUT2D eigenvalue weighted by Crippen LogP contribution is -2.37. The lowest BCUT2D eigenvalue weighted by Gasteiger charge is -2.25. The number of amides is 2. The van der Waals surface area contributed by atoms with E-state index < -0.39 is 11.7 Å². The number of carbonyl (C=O) groups excluding carboxylic acids is 2. The van der Waals surface area contributed by atoms with Crippen molar-refractivity contribution in [3.05, 3.63) is 48.4 Å². The third kappa shape index (κ3) is 4.47. The number of fused-ring (bicyclic) bond motifs is 2. The summed E-state index contributed by atoms with van der Waals surface area (Å²) in [7, 11) is 1.59. The van der Waals surface area contributed by atoms with Crippen LogP contribution in [0.5, 0.6) is 5.75 Å². The number of carbonyl (C=O) groups is 2. The molecule has 1 aliphatic rings. The molecule has 0 spiro atoms. The first-order valence-corrected chi connectivity index (χ1v) is 11.5. The molecule has 4 aromatic rings. The number of nitrogens with one attached hydrogen (secondary N) is 2. The maximum absolute atomic E-state index is 13.1. The van der Waals surface area contributed by atoms with Crippen LogP contribution in [0.25, 0.3) is 16.6 Å². The van der Waals surface area contributed by atoms with E-state index in [9.17, 15) is 9.59 Å². The molecule has 5 rings (SSSR count). The molecule has 11 nitrogen and oxygen atoms in total. The summed E-state index contributed by atoms with van der Waals surface area (Å²) < 4.78 is 13.0. The lowest BCUT2D eigenvalue weighted by molar-refractivity contribution is 0.0589. The standard InChI is InChI=1S/C25H27N7O4/c1-14-13-35-20-8-9-26-17-7-6-15(10-16(17)20)29-21-11-18(31(5)24(34)36-25(2,3)4)22-27-12-19(23(33)28-14)32(22)30-21/h6-12,14H,13H2,1-5H3,(H,28,33)(H,29,30)/t14-/m1/s1. The van der Waals surface area contributed by atoms with Gasteiger partial charge in [-0.25, -0.2) is 14.3 Å². The highest BCUT2D eigenvalue weighted by molar-refractivity contribution is 5.97. The maximum Gasteiger partial charge on any atom is 0.414 e. The number of hydrogen-bond donors (Lipinski definition) is 2. The van der Waals surface area contributed by atoms with Crippen molar-refractivity contribution < 1.29 is 19.1 Å². The van der Waals surface area contributed by atoms with Gasteiger partial charge in [0.1, 0.15) is 18.0 Å². The van der Waals surface area contributed by atoms with E-state index in [2.05, 4.69) is 25.7 Å². The smallest absolute Gasteiger partial charge is 0.414 e. The quantitative estimate of drug-likeness (QED) is 0.413. The molecular formula is C25H27N7O4. The molecule has 1 aromatic carbocycles. The first-order valence-electron chi connectivity index (χ1n) is 11.5. The number of ether oxygens (including phenoxy) is 2. The van der Waals surface area contributed by atoms with E-state index >= 15 is 0 Å². The summed E-state index contributed by atoms with van der Waals surface area (Å²) in [6.45, 7) is 7.49. The fourth-order valence-corrected chi connectivity index (χ4v) is 3.87. The van der Waals surface area contributed by atoms with Gasteiger partial charge in [0.2, 0.25) is 0 Å². The van der Waals surface area contributed by atoms with E-state index in [0.717, 1.165) is 16.6 Å². The number of hydrogen-bond acceptors (Lipinski definition) is 8. The number of pyridine rings is 1.